The van der Waals surface area contributed by atoms with Crippen molar-refractivity contribution in [2.45, 2.75) is 44.4 Å². The Bertz CT molecular complexity index is 680. The van der Waals surface area contributed by atoms with Gasteiger partial charge in [0, 0.05) is 6.20 Å². The van der Waals surface area contributed by atoms with Crippen molar-refractivity contribution in [3.8, 4) is 6.07 Å². The van der Waals surface area contributed by atoms with Gasteiger partial charge in [0.15, 0.2) is 0 Å². The molecule has 0 spiro atoms. The Morgan fingerprint density at radius 3 is 2.48 bits per heavy atom. The van der Waals surface area contributed by atoms with Gasteiger partial charge < -0.3 is 4.74 Å². The van der Waals surface area contributed by atoms with Gasteiger partial charge in [0.05, 0.1) is 30.2 Å². The first-order chi connectivity index (χ1) is 12.3. The van der Waals surface area contributed by atoms with Crippen molar-refractivity contribution in [3.63, 3.8) is 0 Å². The number of benzene rings is 1. The average Bonchev–Trinajstić information content (AvgIpc) is 2.66. The number of unbranched alkanes of at least 4 members (excludes halogenated alkanes) is 1. The van der Waals surface area contributed by atoms with Crippen LogP contribution in [0.2, 0.25) is 0 Å². The summed E-state index contributed by atoms with van der Waals surface area (Å²) >= 11 is 0. The van der Waals surface area contributed by atoms with Crippen molar-refractivity contribution in [1.82, 2.24) is 4.98 Å². The quantitative estimate of drug-likeness (QED) is 0.496. The number of nitriles is 1. The Morgan fingerprint density at radius 1 is 1.12 bits per heavy atom. The summed E-state index contributed by atoms with van der Waals surface area (Å²) in [6.45, 7) is 2.18. The largest absolute Gasteiger partial charge is 0.465 e. The number of carbonyl (C=O) groups excluding carboxylic acids is 1. The molecular weight excluding hydrogens is 312 g/mol. The first-order valence-corrected chi connectivity index (χ1v) is 8.78. The van der Waals surface area contributed by atoms with Crippen molar-refractivity contribution in [3.05, 3.63) is 66.0 Å². The minimum Gasteiger partial charge on any atom is -0.465 e. The summed E-state index contributed by atoms with van der Waals surface area (Å²) < 4.78 is 5.20. The fourth-order valence-electron chi connectivity index (χ4n) is 2.90. The molecule has 0 saturated carbocycles. The third-order valence-electron chi connectivity index (χ3n) is 4.21. The highest BCUT2D eigenvalue weighted by Crippen LogP contribution is 2.26. The van der Waals surface area contributed by atoms with Gasteiger partial charge in [-0.25, -0.2) is 0 Å². The number of carbonyl (C=O) groups is 1. The number of hydrogen-bond acceptors (Lipinski definition) is 4. The van der Waals surface area contributed by atoms with E-state index in [1.165, 1.54) is 0 Å². The molecule has 4 heteroatoms. The maximum absolute atomic E-state index is 12.2. The number of ether oxygens (including phenoxy) is 1. The standard InChI is InChI=1S/C21H24N2O2/c1-2-25-21(24)19(20-14-8-9-15-23-20)13-7-6-12-18(16-22)17-10-4-3-5-11-17/h3-5,8-11,14-15,18-19H,2,6-7,12-13H2,1H3. The Balaban J connectivity index is 1.90. The second kappa shape index (κ2) is 10.2. The molecule has 1 aromatic heterocycles. The number of rotatable bonds is 9. The molecule has 2 rings (SSSR count). The van der Waals surface area contributed by atoms with Crippen LogP contribution in [-0.4, -0.2) is 17.6 Å². The van der Waals surface area contributed by atoms with Crippen LogP contribution in [0.5, 0.6) is 0 Å². The molecule has 1 aromatic carbocycles. The van der Waals surface area contributed by atoms with E-state index in [9.17, 15) is 10.1 Å². The molecule has 0 saturated heterocycles. The summed E-state index contributed by atoms with van der Waals surface area (Å²) in [6, 6.07) is 17.8. The van der Waals surface area contributed by atoms with Crippen LogP contribution in [0.1, 0.15) is 55.7 Å². The van der Waals surface area contributed by atoms with Crippen LogP contribution >= 0.6 is 0 Å². The molecule has 0 aliphatic heterocycles. The van der Waals surface area contributed by atoms with E-state index in [4.69, 9.17) is 4.74 Å². The number of pyridine rings is 1. The van der Waals surface area contributed by atoms with Crippen molar-refractivity contribution in [2.24, 2.45) is 0 Å². The van der Waals surface area contributed by atoms with E-state index in [0.29, 0.717) is 13.0 Å². The van der Waals surface area contributed by atoms with Crippen molar-refractivity contribution >= 4 is 5.97 Å². The molecular formula is C21H24N2O2. The average molecular weight is 336 g/mol. The normalized spacial score (nSPS) is 12.8. The van der Waals surface area contributed by atoms with E-state index >= 15 is 0 Å². The topological polar surface area (TPSA) is 63.0 Å². The third kappa shape index (κ3) is 5.72. The fraction of sp³-hybridized carbons (Fsp3) is 0.381. The second-order valence-corrected chi connectivity index (χ2v) is 5.94. The zero-order chi connectivity index (χ0) is 17.9. The number of nitrogens with zero attached hydrogens (tertiary/aromatic N) is 2. The number of hydrogen-bond donors (Lipinski definition) is 0. The first-order valence-electron chi connectivity index (χ1n) is 8.78. The molecule has 4 nitrogen and oxygen atoms in total. The van der Waals surface area contributed by atoms with E-state index in [2.05, 4.69) is 11.1 Å². The Kier molecular flexibility index (Phi) is 7.65. The maximum atomic E-state index is 12.2. The van der Waals surface area contributed by atoms with Crippen LogP contribution in [0.3, 0.4) is 0 Å². The SMILES string of the molecule is CCOC(=O)C(CCCCC(C#N)c1ccccc1)c1ccccn1. The highest BCUT2D eigenvalue weighted by Gasteiger charge is 2.23. The number of aromatic nitrogens is 1. The summed E-state index contributed by atoms with van der Waals surface area (Å²) in [4.78, 5) is 16.5. The predicted molar refractivity (Wildman–Crippen MR) is 96.9 cm³/mol. The lowest BCUT2D eigenvalue weighted by molar-refractivity contribution is -0.145. The van der Waals surface area contributed by atoms with Crippen LogP contribution in [0.15, 0.2) is 54.7 Å². The highest BCUT2D eigenvalue weighted by atomic mass is 16.5. The lowest BCUT2D eigenvalue weighted by Crippen LogP contribution is -2.17. The van der Waals surface area contributed by atoms with Crippen molar-refractivity contribution < 1.29 is 9.53 Å². The van der Waals surface area contributed by atoms with E-state index in [-0.39, 0.29) is 17.8 Å². The van der Waals surface area contributed by atoms with Gasteiger partial charge in [-0.15, -0.1) is 0 Å². The zero-order valence-electron chi connectivity index (χ0n) is 14.6. The fourth-order valence-corrected chi connectivity index (χ4v) is 2.90. The van der Waals surface area contributed by atoms with Crippen LogP contribution in [0.25, 0.3) is 0 Å². The van der Waals surface area contributed by atoms with E-state index < -0.39 is 0 Å². The van der Waals surface area contributed by atoms with Crippen LogP contribution < -0.4 is 0 Å². The van der Waals surface area contributed by atoms with E-state index in [0.717, 1.165) is 30.5 Å². The second-order valence-electron chi connectivity index (χ2n) is 5.94. The lowest BCUT2D eigenvalue weighted by Gasteiger charge is -2.15. The minimum atomic E-state index is -0.335. The van der Waals surface area contributed by atoms with Crippen molar-refractivity contribution in [1.29, 1.82) is 5.26 Å². The predicted octanol–water partition coefficient (Wildman–Crippen LogP) is 4.60. The lowest BCUT2D eigenvalue weighted by atomic mass is 9.92. The molecule has 0 fully saturated rings. The van der Waals surface area contributed by atoms with Gasteiger partial charge in [-0.2, -0.15) is 5.26 Å². The van der Waals surface area contributed by atoms with Gasteiger partial charge >= 0.3 is 5.97 Å². The van der Waals surface area contributed by atoms with E-state index in [1.807, 2.05) is 55.5 Å². The van der Waals surface area contributed by atoms with Gasteiger partial charge in [-0.05, 0) is 37.5 Å². The monoisotopic (exact) mass is 336 g/mol. The Hall–Kier alpha value is -2.67. The molecule has 0 bridgehead atoms. The summed E-state index contributed by atoms with van der Waals surface area (Å²) in [5, 5.41) is 9.39. The van der Waals surface area contributed by atoms with Gasteiger partial charge in [0.25, 0.3) is 0 Å². The summed E-state index contributed by atoms with van der Waals surface area (Å²) in [6.07, 6.45) is 4.91. The molecule has 2 aromatic rings. The molecule has 2 unspecified atom stereocenters. The molecule has 0 amide bonds. The highest BCUT2D eigenvalue weighted by molar-refractivity contribution is 5.77. The van der Waals surface area contributed by atoms with Gasteiger partial charge in [-0.1, -0.05) is 49.2 Å². The molecule has 1 heterocycles. The molecule has 0 radical (unpaired) electrons. The van der Waals surface area contributed by atoms with Crippen LogP contribution in [-0.2, 0) is 9.53 Å². The molecule has 0 N–H and O–H groups in total. The minimum absolute atomic E-state index is 0.0999. The summed E-state index contributed by atoms with van der Waals surface area (Å²) in [5.74, 6) is -0.656. The smallest absolute Gasteiger partial charge is 0.315 e. The van der Waals surface area contributed by atoms with Gasteiger partial charge in [-0.3, -0.25) is 9.78 Å². The summed E-state index contributed by atoms with van der Waals surface area (Å²) in [7, 11) is 0. The molecule has 130 valence electrons. The zero-order valence-corrected chi connectivity index (χ0v) is 14.6. The molecule has 0 aliphatic rings. The van der Waals surface area contributed by atoms with Crippen molar-refractivity contribution in [2.75, 3.05) is 6.61 Å². The Labute approximate surface area is 149 Å². The third-order valence-corrected chi connectivity index (χ3v) is 4.21. The summed E-state index contributed by atoms with van der Waals surface area (Å²) in [5.41, 5.74) is 1.80. The van der Waals surface area contributed by atoms with Gasteiger partial charge in [0.1, 0.15) is 0 Å². The Morgan fingerprint density at radius 2 is 1.84 bits per heavy atom. The van der Waals surface area contributed by atoms with E-state index in [1.54, 1.807) is 6.20 Å². The molecule has 0 aliphatic carbocycles. The maximum Gasteiger partial charge on any atom is 0.315 e. The first kappa shape index (κ1) is 18.7. The molecule has 2 atom stereocenters. The van der Waals surface area contributed by atoms with Gasteiger partial charge in [0.2, 0.25) is 0 Å². The van der Waals surface area contributed by atoms with Crippen LogP contribution in [0, 0.1) is 11.3 Å². The number of esters is 1. The molecule has 25 heavy (non-hydrogen) atoms. The van der Waals surface area contributed by atoms with Crippen LogP contribution in [0.4, 0.5) is 0 Å².